The summed E-state index contributed by atoms with van der Waals surface area (Å²) in [4.78, 5) is 30.0. The molecule has 2 aliphatic rings. The zero-order valence-corrected chi connectivity index (χ0v) is 16.9. The Morgan fingerprint density at radius 3 is 2.76 bits per heavy atom. The molecule has 1 aromatic heterocycles. The summed E-state index contributed by atoms with van der Waals surface area (Å²) in [6, 6.07) is 8.06. The molecule has 1 unspecified atom stereocenters. The number of anilines is 2. The minimum absolute atomic E-state index is 0.0426. The van der Waals surface area contributed by atoms with Crippen molar-refractivity contribution in [2.45, 2.75) is 25.3 Å². The summed E-state index contributed by atoms with van der Waals surface area (Å²) in [6.07, 6.45) is 1.72. The van der Waals surface area contributed by atoms with Gasteiger partial charge in [-0.25, -0.2) is 4.39 Å². The molecule has 8 heteroatoms. The summed E-state index contributed by atoms with van der Waals surface area (Å²) in [5.74, 6) is -0.679. The molecule has 1 N–H and O–H groups in total. The van der Waals surface area contributed by atoms with Crippen molar-refractivity contribution in [2.75, 3.05) is 43.1 Å². The minimum Gasteiger partial charge on any atom is -0.378 e. The van der Waals surface area contributed by atoms with E-state index in [2.05, 4.69) is 5.32 Å². The van der Waals surface area contributed by atoms with Gasteiger partial charge in [0.25, 0.3) is 0 Å². The van der Waals surface area contributed by atoms with Gasteiger partial charge in [-0.2, -0.15) is 0 Å². The smallest absolute Gasteiger partial charge is 0.247 e. The summed E-state index contributed by atoms with van der Waals surface area (Å²) >= 11 is 1.54. The number of ether oxygens (including phenoxy) is 1. The standard InChI is InChI=1S/C21H24FN3O3S/c22-17-13-15(5-6-18(17)24-8-10-28-11-9-24)23-21(27)19-4-1-7-25(19)20(26)14-16-3-2-12-29-16/h2-3,5-6,12-13,19H,1,4,7-11,14H2,(H,23,27). The molecule has 1 aromatic carbocycles. The van der Waals surface area contributed by atoms with E-state index >= 15 is 0 Å². The highest BCUT2D eigenvalue weighted by atomic mass is 32.1. The van der Waals surface area contributed by atoms with Gasteiger partial charge in [-0.05, 0) is 42.5 Å². The number of amides is 2. The zero-order valence-electron chi connectivity index (χ0n) is 16.1. The van der Waals surface area contributed by atoms with Crippen LogP contribution in [0.5, 0.6) is 0 Å². The number of carbonyl (C=O) groups excluding carboxylic acids is 2. The normalized spacial score (nSPS) is 19.4. The van der Waals surface area contributed by atoms with E-state index in [4.69, 9.17) is 4.74 Å². The molecule has 4 rings (SSSR count). The Bertz CT molecular complexity index is 868. The molecule has 29 heavy (non-hydrogen) atoms. The molecular weight excluding hydrogens is 393 g/mol. The highest BCUT2D eigenvalue weighted by Crippen LogP contribution is 2.25. The number of likely N-dealkylation sites (tertiary alicyclic amines) is 1. The van der Waals surface area contributed by atoms with Gasteiger partial charge in [-0.3, -0.25) is 9.59 Å². The number of morpholine rings is 1. The number of nitrogens with zero attached hydrogens (tertiary/aromatic N) is 2. The van der Waals surface area contributed by atoms with Gasteiger partial charge in [0.1, 0.15) is 11.9 Å². The van der Waals surface area contributed by atoms with Crippen LogP contribution in [0, 0.1) is 5.82 Å². The molecular formula is C21H24FN3O3S. The van der Waals surface area contributed by atoms with Crippen LogP contribution in [0.4, 0.5) is 15.8 Å². The summed E-state index contributed by atoms with van der Waals surface area (Å²) in [5, 5.41) is 4.72. The van der Waals surface area contributed by atoms with Crippen molar-refractivity contribution in [3.8, 4) is 0 Å². The molecule has 2 aromatic rings. The van der Waals surface area contributed by atoms with Crippen LogP contribution < -0.4 is 10.2 Å². The van der Waals surface area contributed by atoms with E-state index in [0.29, 0.717) is 57.1 Å². The number of thiophene rings is 1. The first-order valence-corrected chi connectivity index (χ1v) is 10.7. The van der Waals surface area contributed by atoms with Crippen LogP contribution in [0.1, 0.15) is 17.7 Å². The molecule has 0 saturated carbocycles. The first kappa shape index (κ1) is 19.8. The maximum absolute atomic E-state index is 14.6. The monoisotopic (exact) mass is 417 g/mol. The Balaban J connectivity index is 1.40. The Morgan fingerprint density at radius 1 is 1.21 bits per heavy atom. The van der Waals surface area contributed by atoms with Gasteiger partial charge >= 0.3 is 0 Å². The summed E-state index contributed by atoms with van der Waals surface area (Å²) in [7, 11) is 0. The quantitative estimate of drug-likeness (QED) is 0.813. The molecule has 1 atom stereocenters. The van der Waals surface area contributed by atoms with Gasteiger partial charge in [-0.1, -0.05) is 6.07 Å². The third-order valence-corrected chi connectivity index (χ3v) is 6.22. The van der Waals surface area contributed by atoms with E-state index in [9.17, 15) is 14.0 Å². The van der Waals surface area contributed by atoms with Crippen molar-refractivity contribution in [3.05, 3.63) is 46.4 Å². The molecule has 0 aliphatic carbocycles. The fourth-order valence-corrected chi connectivity index (χ4v) is 4.57. The van der Waals surface area contributed by atoms with E-state index in [0.717, 1.165) is 11.3 Å². The van der Waals surface area contributed by atoms with Crippen molar-refractivity contribution >= 4 is 34.5 Å². The maximum Gasteiger partial charge on any atom is 0.247 e. The molecule has 2 amide bonds. The zero-order chi connectivity index (χ0) is 20.2. The van der Waals surface area contributed by atoms with Crippen molar-refractivity contribution in [2.24, 2.45) is 0 Å². The third kappa shape index (κ3) is 4.59. The predicted octanol–water partition coefficient (Wildman–Crippen LogP) is 2.90. The lowest BCUT2D eigenvalue weighted by Gasteiger charge is -2.29. The highest BCUT2D eigenvalue weighted by Gasteiger charge is 2.34. The molecule has 154 valence electrons. The number of nitrogens with one attached hydrogen (secondary N) is 1. The number of hydrogen-bond donors (Lipinski definition) is 1. The minimum atomic E-state index is -0.510. The van der Waals surface area contributed by atoms with Crippen molar-refractivity contribution in [1.82, 2.24) is 4.90 Å². The lowest BCUT2D eigenvalue weighted by Crippen LogP contribution is -2.43. The lowest BCUT2D eigenvalue weighted by molar-refractivity contribution is -0.136. The van der Waals surface area contributed by atoms with E-state index < -0.39 is 6.04 Å². The molecule has 2 aliphatic heterocycles. The van der Waals surface area contributed by atoms with Gasteiger partial charge in [0.15, 0.2) is 0 Å². The van der Waals surface area contributed by atoms with Crippen LogP contribution in [-0.2, 0) is 20.7 Å². The Morgan fingerprint density at radius 2 is 2.03 bits per heavy atom. The van der Waals surface area contributed by atoms with E-state index in [-0.39, 0.29) is 17.6 Å². The second-order valence-electron chi connectivity index (χ2n) is 7.26. The van der Waals surface area contributed by atoms with Crippen molar-refractivity contribution < 1.29 is 18.7 Å². The fraction of sp³-hybridized carbons (Fsp3) is 0.429. The van der Waals surface area contributed by atoms with Crippen LogP contribution in [-0.4, -0.2) is 55.6 Å². The Labute approximate surface area is 173 Å². The summed E-state index contributed by atoms with van der Waals surface area (Å²) in [5.41, 5.74) is 0.919. The largest absolute Gasteiger partial charge is 0.378 e. The SMILES string of the molecule is O=C(Nc1ccc(N2CCOCC2)c(F)c1)C1CCCN1C(=O)Cc1cccs1. The number of benzene rings is 1. The Kier molecular flexibility index (Phi) is 6.10. The van der Waals surface area contributed by atoms with E-state index in [1.165, 1.54) is 17.4 Å². The van der Waals surface area contributed by atoms with E-state index in [1.54, 1.807) is 17.0 Å². The average molecular weight is 418 g/mol. The van der Waals surface area contributed by atoms with Gasteiger partial charge in [-0.15, -0.1) is 11.3 Å². The average Bonchev–Trinajstić information content (AvgIpc) is 3.40. The molecule has 3 heterocycles. The van der Waals surface area contributed by atoms with Gasteiger partial charge < -0.3 is 19.9 Å². The van der Waals surface area contributed by atoms with Crippen LogP contribution >= 0.6 is 11.3 Å². The Hall–Kier alpha value is -2.45. The number of rotatable bonds is 5. The number of carbonyl (C=O) groups is 2. The molecule has 2 saturated heterocycles. The van der Waals surface area contributed by atoms with Crippen LogP contribution in [0.25, 0.3) is 0 Å². The van der Waals surface area contributed by atoms with Gasteiger partial charge in [0, 0.05) is 30.2 Å². The second kappa shape index (κ2) is 8.92. The number of halogens is 1. The van der Waals surface area contributed by atoms with Crippen molar-refractivity contribution in [3.63, 3.8) is 0 Å². The number of hydrogen-bond acceptors (Lipinski definition) is 5. The van der Waals surface area contributed by atoms with Gasteiger partial charge in [0.05, 0.1) is 25.3 Å². The topological polar surface area (TPSA) is 61.9 Å². The highest BCUT2D eigenvalue weighted by molar-refractivity contribution is 7.10. The lowest BCUT2D eigenvalue weighted by atomic mass is 10.1. The first-order valence-electron chi connectivity index (χ1n) is 9.87. The molecule has 0 spiro atoms. The summed E-state index contributed by atoms with van der Waals surface area (Å²) in [6.45, 7) is 3.02. The molecule has 0 bridgehead atoms. The van der Waals surface area contributed by atoms with Crippen LogP contribution in [0.3, 0.4) is 0 Å². The van der Waals surface area contributed by atoms with Crippen molar-refractivity contribution in [1.29, 1.82) is 0 Å². The molecule has 0 radical (unpaired) electrons. The first-order chi connectivity index (χ1) is 14.1. The third-order valence-electron chi connectivity index (χ3n) is 5.35. The fourth-order valence-electron chi connectivity index (χ4n) is 3.87. The molecule has 2 fully saturated rings. The van der Waals surface area contributed by atoms with E-state index in [1.807, 2.05) is 22.4 Å². The summed E-state index contributed by atoms with van der Waals surface area (Å²) < 4.78 is 19.9. The van der Waals surface area contributed by atoms with Crippen LogP contribution in [0.15, 0.2) is 35.7 Å². The second-order valence-corrected chi connectivity index (χ2v) is 8.29. The van der Waals surface area contributed by atoms with Gasteiger partial charge in [0.2, 0.25) is 11.8 Å². The van der Waals surface area contributed by atoms with Crippen LogP contribution in [0.2, 0.25) is 0 Å². The molecule has 6 nitrogen and oxygen atoms in total. The predicted molar refractivity (Wildman–Crippen MR) is 111 cm³/mol. The maximum atomic E-state index is 14.6.